The van der Waals surface area contributed by atoms with Crippen LogP contribution in [0.1, 0.15) is 52.0 Å². The highest BCUT2D eigenvalue weighted by Crippen LogP contribution is 2.56. The van der Waals surface area contributed by atoms with E-state index in [2.05, 4.69) is 20.7 Å². The number of carbonyl (C=O) groups is 3. The minimum atomic E-state index is -0.634. The van der Waals surface area contributed by atoms with Crippen molar-refractivity contribution >= 4 is 29.5 Å². The zero-order chi connectivity index (χ0) is 24.0. The molecule has 1 aromatic heterocycles. The molecule has 0 saturated carbocycles. The van der Waals surface area contributed by atoms with Gasteiger partial charge in [0, 0.05) is 4.75 Å². The average Bonchev–Trinajstić information content (AvgIpc) is 3.30. The van der Waals surface area contributed by atoms with Crippen LogP contribution in [-0.2, 0) is 32.3 Å². The molecule has 3 atom stereocenters. The van der Waals surface area contributed by atoms with Crippen LogP contribution < -0.4 is 5.32 Å². The predicted octanol–water partition coefficient (Wildman–Crippen LogP) is 1.68. The third-order valence-electron chi connectivity index (χ3n) is 5.60. The Kier molecular flexibility index (Phi) is 5.94. The molecule has 11 heteroatoms. The third-order valence-corrected chi connectivity index (χ3v) is 7.17. The molecule has 4 rings (SSSR count). The van der Waals surface area contributed by atoms with Crippen LogP contribution >= 0.6 is 11.8 Å². The van der Waals surface area contributed by atoms with E-state index < -0.39 is 22.2 Å². The number of fused-ring (bicyclic) bond motifs is 1. The number of nitrogens with zero attached hydrogens (tertiary/aromatic N) is 5. The molecule has 2 aromatic rings. The van der Waals surface area contributed by atoms with Gasteiger partial charge in [0.1, 0.15) is 17.5 Å². The number of hydrogen-bond donors (Lipinski definition) is 1. The van der Waals surface area contributed by atoms with Gasteiger partial charge in [-0.25, -0.2) is 0 Å². The maximum absolute atomic E-state index is 13.0. The minimum Gasteiger partial charge on any atom is -0.440 e. The summed E-state index contributed by atoms with van der Waals surface area (Å²) in [5.41, 5.74) is 0.258. The molecule has 3 unspecified atom stereocenters. The van der Waals surface area contributed by atoms with Gasteiger partial charge in [-0.3, -0.25) is 14.4 Å². The fraction of sp³-hybridized carbons (Fsp3) is 0.545. The summed E-state index contributed by atoms with van der Waals surface area (Å²) in [6, 6.07) is 8.42. The van der Waals surface area contributed by atoms with Gasteiger partial charge in [-0.15, -0.1) is 26.8 Å². The van der Waals surface area contributed by atoms with Crippen LogP contribution in [0.4, 0.5) is 0 Å². The van der Waals surface area contributed by atoms with Crippen LogP contribution in [0.3, 0.4) is 0 Å². The zero-order valence-electron chi connectivity index (χ0n) is 19.3. The van der Waals surface area contributed by atoms with Gasteiger partial charge in [0.25, 0.3) is 0 Å². The maximum atomic E-state index is 13.0. The quantitative estimate of drug-likeness (QED) is 0.498. The van der Waals surface area contributed by atoms with E-state index in [0.29, 0.717) is 5.82 Å². The van der Waals surface area contributed by atoms with Crippen molar-refractivity contribution in [1.82, 2.24) is 30.4 Å². The molecular formula is C22H28N6O4S. The van der Waals surface area contributed by atoms with Gasteiger partial charge in [-0.1, -0.05) is 30.3 Å². The Morgan fingerprint density at radius 3 is 2.58 bits per heavy atom. The van der Waals surface area contributed by atoms with Gasteiger partial charge in [0.15, 0.2) is 5.82 Å². The first-order chi connectivity index (χ1) is 15.5. The Morgan fingerprint density at radius 1 is 1.21 bits per heavy atom. The Bertz CT molecular complexity index is 1060. The van der Waals surface area contributed by atoms with E-state index in [1.165, 1.54) is 4.80 Å². The molecule has 10 nitrogen and oxygen atoms in total. The van der Waals surface area contributed by atoms with Crippen LogP contribution in [0, 0.1) is 5.41 Å². The summed E-state index contributed by atoms with van der Waals surface area (Å²) >= 11 is 1.60. The number of rotatable bonds is 6. The lowest BCUT2D eigenvalue weighted by molar-refractivity contribution is -0.158. The molecule has 2 saturated heterocycles. The average molecular weight is 473 g/mol. The maximum Gasteiger partial charge on any atom is 0.313 e. The number of aromatic nitrogens is 4. The first-order valence-corrected chi connectivity index (χ1v) is 11.6. The minimum absolute atomic E-state index is 0.154. The number of amides is 2. The van der Waals surface area contributed by atoms with E-state index >= 15 is 0 Å². The molecule has 0 aliphatic carbocycles. The van der Waals surface area contributed by atoms with E-state index in [-0.39, 0.29) is 36.3 Å². The number of tetrazole rings is 1. The molecular weight excluding hydrogens is 444 g/mol. The number of thioether (sulfide) groups is 1. The molecule has 176 valence electrons. The highest BCUT2D eigenvalue weighted by molar-refractivity contribution is 8.01. The highest BCUT2D eigenvalue weighted by Gasteiger charge is 2.63. The number of β-lactam (4-membered cyclic amide) rings is 1. The molecule has 2 aliphatic heterocycles. The molecule has 0 spiro atoms. The molecule has 1 aromatic carbocycles. The second kappa shape index (κ2) is 8.44. The summed E-state index contributed by atoms with van der Waals surface area (Å²) in [5, 5.41) is 15.1. The standard InChI is InChI=1S/C22H28N6O4S/c1-21(2,3)20(31)32-12-27-25-17(24-26-27)16-22(4,5)33-19-15(18(30)28(16)19)23-14(29)11-13-9-7-6-8-10-13/h6-10,15-16,19H,11-12H2,1-5H3,(H,23,29). The number of benzene rings is 1. The molecule has 1 N–H and O–H groups in total. The topological polar surface area (TPSA) is 119 Å². The van der Waals surface area contributed by atoms with E-state index in [9.17, 15) is 14.4 Å². The lowest BCUT2D eigenvalue weighted by Crippen LogP contribution is -2.68. The molecule has 2 aliphatic rings. The summed E-state index contributed by atoms with van der Waals surface area (Å²) in [6.45, 7) is 9.16. The van der Waals surface area contributed by atoms with E-state index in [4.69, 9.17) is 4.74 Å². The van der Waals surface area contributed by atoms with Crippen molar-refractivity contribution in [2.45, 2.75) is 70.0 Å². The largest absolute Gasteiger partial charge is 0.440 e. The number of hydrogen-bond acceptors (Lipinski definition) is 8. The summed E-state index contributed by atoms with van der Waals surface area (Å²) in [4.78, 5) is 40.4. The van der Waals surface area contributed by atoms with Crippen molar-refractivity contribution < 1.29 is 19.1 Å². The Labute approximate surface area is 196 Å². The zero-order valence-corrected chi connectivity index (χ0v) is 20.1. The van der Waals surface area contributed by atoms with Crippen LogP contribution in [0.2, 0.25) is 0 Å². The van der Waals surface area contributed by atoms with Gasteiger partial charge in [0.2, 0.25) is 18.5 Å². The summed E-state index contributed by atoms with van der Waals surface area (Å²) in [5.74, 6) is -0.347. The van der Waals surface area contributed by atoms with Gasteiger partial charge in [-0.2, -0.15) is 0 Å². The van der Waals surface area contributed by atoms with Gasteiger partial charge in [-0.05, 0) is 45.4 Å². The van der Waals surface area contributed by atoms with Crippen molar-refractivity contribution in [3.63, 3.8) is 0 Å². The Morgan fingerprint density at radius 2 is 1.91 bits per heavy atom. The van der Waals surface area contributed by atoms with Crippen molar-refractivity contribution in [3.05, 3.63) is 41.7 Å². The molecule has 0 radical (unpaired) electrons. The van der Waals surface area contributed by atoms with E-state index in [1.54, 1.807) is 37.4 Å². The van der Waals surface area contributed by atoms with E-state index in [1.807, 2.05) is 44.2 Å². The third kappa shape index (κ3) is 4.59. The van der Waals surface area contributed by atoms with Gasteiger partial charge < -0.3 is 15.0 Å². The van der Waals surface area contributed by atoms with E-state index in [0.717, 1.165) is 5.56 Å². The summed E-state index contributed by atoms with van der Waals surface area (Å²) in [6.07, 6.45) is 0.220. The normalized spacial score (nSPS) is 23.6. The Hall–Kier alpha value is -2.95. The highest BCUT2D eigenvalue weighted by atomic mass is 32.2. The predicted molar refractivity (Wildman–Crippen MR) is 120 cm³/mol. The van der Waals surface area contributed by atoms with Crippen LogP contribution in [-0.4, -0.2) is 59.1 Å². The smallest absolute Gasteiger partial charge is 0.313 e. The summed E-state index contributed by atoms with van der Waals surface area (Å²) in [7, 11) is 0. The first kappa shape index (κ1) is 23.2. The fourth-order valence-electron chi connectivity index (χ4n) is 3.92. The molecule has 2 amide bonds. The second-order valence-electron chi connectivity index (χ2n) is 9.80. The molecule has 0 bridgehead atoms. The molecule has 33 heavy (non-hydrogen) atoms. The number of ether oxygens (including phenoxy) is 1. The van der Waals surface area contributed by atoms with Crippen molar-refractivity contribution in [2.75, 3.05) is 0 Å². The number of esters is 1. The second-order valence-corrected chi connectivity index (χ2v) is 11.6. The monoisotopic (exact) mass is 472 g/mol. The lowest BCUT2D eigenvalue weighted by atomic mass is 9.95. The lowest BCUT2D eigenvalue weighted by Gasteiger charge is -2.44. The van der Waals surface area contributed by atoms with Crippen LogP contribution in [0.5, 0.6) is 0 Å². The number of nitrogens with one attached hydrogen (secondary N) is 1. The van der Waals surface area contributed by atoms with Crippen molar-refractivity contribution in [1.29, 1.82) is 0 Å². The number of carbonyl (C=O) groups excluding carboxylic acids is 3. The van der Waals surface area contributed by atoms with Gasteiger partial charge >= 0.3 is 5.97 Å². The van der Waals surface area contributed by atoms with Crippen LogP contribution in [0.25, 0.3) is 0 Å². The van der Waals surface area contributed by atoms with Crippen molar-refractivity contribution in [3.8, 4) is 0 Å². The van der Waals surface area contributed by atoms with Crippen LogP contribution in [0.15, 0.2) is 30.3 Å². The molecule has 3 heterocycles. The fourth-order valence-corrected chi connectivity index (χ4v) is 5.55. The Balaban J connectivity index is 1.41. The van der Waals surface area contributed by atoms with Crippen molar-refractivity contribution in [2.24, 2.45) is 5.41 Å². The van der Waals surface area contributed by atoms with Gasteiger partial charge in [0.05, 0.1) is 11.8 Å². The first-order valence-electron chi connectivity index (χ1n) is 10.8. The SMILES string of the molecule is CC(C)(C)C(=O)OCn1nnc(C2N3C(=O)C(NC(=O)Cc4ccccc4)C3SC2(C)C)n1. The molecule has 2 fully saturated rings. The summed E-state index contributed by atoms with van der Waals surface area (Å²) < 4.78 is 4.85.